The number of hydrogen-bond acceptors (Lipinski definition) is 3. The molecule has 1 aliphatic carbocycles. The molecular weight excluding hydrogens is 168 g/mol. The molecule has 0 bridgehead atoms. The van der Waals surface area contributed by atoms with Crippen LogP contribution >= 0.6 is 0 Å². The van der Waals surface area contributed by atoms with Gasteiger partial charge in [0.1, 0.15) is 5.78 Å². The van der Waals surface area contributed by atoms with Gasteiger partial charge in [-0.2, -0.15) is 0 Å². The number of aliphatic hydroxyl groups excluding tert-OH is 1. The van der Waals surface area contributed by atoms with Crippen molar-refractivity contribution < 1.29 is 14.6 Å². The largest absolute Gasteiger partial charge is 0.392 e. The zero-order valence-electron chi connectivity index (χ0n) is 8.32. The monoisotopic (exact) mass is 186 g/mol. The minimum atomic E-state index is -0.494. The van der Waals surface area contributed by atoms with Crippen LogP contribution in [0.15, 0.2) is 0 Å². The fourth-order valence-electron chi connectivity index (χ4n) is 1.96. The van der Waals surface area contributed by atoms with Crippen molar-refractivity contribution >= 4 is 5.78 Å². The molecule has 1 fully saturated rings. The van der Waals surface area contributed by atoms with Crippen LogP contribution in [0.2, 0.25) is 0 Å². The molecule has 0 radical (unpaired) electrons. The van der Waals surface area contributed by atoms with E-state index in [4.69, 9.17) is 4.74 Å². The van der Waals surface area contributed by atoms with E-state index in [0.29, 0.717) is 12.8 Å². The van der Waals surface area contributed by atoms with Crippen molar-refractivity contribution in [1.29, 1.82) is 0 Å². The van der Waals surface area contributed by atoms with Gasteiger partial charge in [-0.05, 0) is 12.8 Å². The number of hydrogen-bond donors (Lipinski definition) is 1. The summed E-state index contributed by atoms with van der Waals surface area (Å²) in [5.74, 6) is 0.0402. The highest BCUT2D eigenvalue weighted by molar-refractivity contribution is 5.81. The van der Waals surface area contributed by atoms with Crippen molar-refractivity contribution in [2.45, 2.75) is 44.8 Å². The van der Waals surface area contributed by atoms with Gasteiger partial charge < -0.3 is 9.84 Å². The van der Waals surface area contributed by atoms with Gasteiger partial charge in [-0.15, -0.1) is 0 Å². The van der Waals surface area contributed by atoms with Crippen molar-refractivity contribution in [2.24, 2.45) is 5.92 Å². The summed E-state index contributed by atoms with van der Waals surface area (Å²) in [4.78, 5) is 11.4. The highest BCUT2D eigenvalue weighted by Gasteiger charge is 2.32. The van der Waals surface area contributed by atoms with E-state index >= 15 is 0 Å². The van der Waals surface area contributed by atoms with Gasteiger partial charge in [-0.1, -0.05) is 6.92 Å². The molecule has 1 rings (SSSR count). The third-order valence-corrected chi connectivity index (χ3v) is 2.86. The lowest BCUT2D eigenvalue weighted by Gasteiger charge is -2.31. The average Bonchev–Trinajstić information content (AvgIpc) is 2.16. The second-order valence-corrected chi connectivity index (χ2v) is 3.66. The SMILES string of the molecule is CCC(=O)C1CCC(OC)CC1O. The molecular formula is C10H18O3. The minimum absolute atomic E-state index is 0.135. The van der Waals surface area contributed by atoms with Crippen molar-refractivity contribution in [3.05, 3.63) is 0 Å². The van der Waals surface area contributed by atoms with Gasteiger partial charge in [0.25, 0.3) is 0 Å². The predicted molar refractivity (Wildman–Crippen MR) is 49.4 cm³/mol. The first-order valence-corrected chi connectivity index (χ1v) is 4.92. The highest BCUT2D eigenvalue weighted by Crippen LogP contribution is 2.27. The summed E-state index contributed by atoms with van der Waals surface area (Å²) in [6, 6.07) is 0. The third-order valence-electron chi connectivity index (χ3n) is 2.86. The molecule has 3 unspecified atom stereocenters. The maximum Gasteiger partial charge on any atom is 0.138 e. The van der Waals surface area contributed by atoms with Crippen LogP contribution in [0, 0.1) is 5.92 Å². The van der Waals surface area contributed by atoms with E-state index in [1.165, 1.54) is 0 Å². The summed E-state index contributed by atoms with van der Waals surface area (Å²) < 4.78 is 5.15. The fraction of sp³-hybridized carbons (Fsp3) is 0.900. The Kier molecular flexibility index (Phi) is 3.88. The van der Waals surface area contributed by atoms with Crippen LogP contribution in [-0.4, -0.2) is 30.2 Å². The van der Waals surface area contributed by atoms with Crippen LogP contribution < -0.4 is 0 Å². The average molecular weight is 186 g/mol. The number of rotatable bonds is 3. The number of aliphatic hydroxyl groups is 1. The standard InChI is InChI=1S/C10H18O3/c1-3-9(11)8-5-4-7(13-2)6-10(8)12/h7-8,10,12H,3-6H2,1-2H3. The van der Waals surface area contributed by atoms with Crippen LogP contribution in [0.5, 0.6) is 0 Å². The highest BCUT2D eigenvalue weighted by atomic mass is 16.5. The first-order valence-electron chi connectivity index (χ1n) is 4.92. The fourth-order valence-corrected chi connectivity index (χ4v) is 1.96. The Balaban J connectivity index is 2.48. The number of carbonyl (C=O) groups excluding carboxylic acids is 1. The number of Topliss-reactive ketones (excluding diaryl/α,β-unsaturated/α-hetero) is 1. The Morgan fingerprint density at radius 1 is 1.54 bits per heavy atom. The van der Waals surface area contributed by atoms with E-state index in [9.17, 15) is 9.90 Å². The van der Waals surface area contributed by atoms with Crippen molar-refractivity contribution in [3.63, 3.8) is 0 Å². The van der Waals surface area contributed by atoms with Crippen LogP contribution in [-0.2, 0) is 9.53 Å². The molecule has 0 heterocycles. The smallest absolute Gasteiger partial charge is 0.138 e. The minimum Gasteiger partial charge on any atom is -0.392 e. The lowest BCUT2D eigenvalue weighted by atomic mass is 9.81. The molecule has 3 nitrogen and oxygen atoms in total. The zero-order valence-corrected chi connectivity index (χ0v) is 8.32. The Labute approximate surface area is 79.1 Å². The van der Waals surface area contributed by atoms with Gasteiger partial charge in [0.05, 0.1) is 12.2 Å². The van der Waals surface area contributed by atoms with Gasteiger partial charge in [-0.3, -0.25) is 4.79 Å². The molecule has 0 aliphatic heterocycles. The maximum atomic E-state index is 11.4. The van der Waals surface area contributed by atoms with Gasteiger partial charge in [0, 0.05) is 25.9 Å². The molecule has 13 heavy (non-hydrogen) atoms. The summed E-state index contributed by atoms with van der Waals surface area (Å²) in [7, 11) is 1.65. The molecule has 0 aromatic carbocycles. The van der Waals surface area contributed by atoms with E-state index in [1.807, 2.05) is 6.92 Å². The van der Waals surface area contributed by atoms with E-state index in [1.54, 1.807) is 7.11 Å². The molecule has 76 valence electrons. The summed E-state index contributed by atoms with van der Waals surface area (Å²) in [5, 5.41) is 9.67. The third kappa shape index (κ3) is 2.51. The Morgan fingerprint density at radius 2 is 2.23 bits per heavy atom. The molecule has 1 aliphatic rings. The Morgan fingerprint density at radius 3 is 2.69 bits per heavy atom. The normalized spacial score (nSPS) is 34.5. The van der Waals surface area contributed by atoms with E-state index in [2.05, 4.69) is 0 Å². The van der Waals surface area contributed by atoms with Gasteiger partial charge in [0.15, 0.2) is 0 Å². The first-order chi connectivity index (χ1) is 6.19. The maximum absolute atomic E-state index is 11.4. The second-order valence-electron chi connectivity index (χ2n) is 3.66. The van der Waals surface area contributed by atoms with Crippen molar-refractivity contribution in [3.8, 4) is 0 Å². The van der Waals surface area contributed by atoms with E-state index in [-0.39, 0.29) is 17.8 Å². The first kappa shape index (κ1) is 10.7. The number of ether oxygens (including phenoxy) is 1. The predicted octanol–water partition coefficient (Wildman–Crippen LogP) is 1.14. The van der Waals surface area contributed by atoms with Crippen LogP contribution in [0.1, 0.15) is 32.6 Å². The number of methoxy groups -OCH3 is 1. The lowest BCUT2D eigenvalue weighted by molar-refractivity contribution is -0.129. The summed E-state index contributed by atoms with van der Waals surface area (Å²) in [6.45, 7) is 1.84. The molecule has 1 N–H and O–H groups in total. The molecule has 3 atom stereocenters. The summed E-state index contributed by atoms with van der Waals surface area (Å²) in [5.41, 5.74) is 0. The van der Waals surface area contributed by atoms with Crippen LogP contribution in [0.4, 0.5) is 0 Å². The van der Waals surface area contributed by atoms with Crippen molar-refractivity contribution in [2.75, 3.05) is 7.11 Å². The van der Waals surface area contributed by atoms with E-state index < -0.39 is 6.10 Å². The lowest BCUT2D eigenvalue weighted by Crippen LogP contribution is -2.37. The van der Waals surface area contributed by atoms with Gasteiger partial charge >= 0.3 is 0 Å². The van der Waals surface area contributed by atoms with Crippen molar-refractivity contribution in [1.82, 2.24) is 0 Å². The van der Waals surface area contributed by atoms with Gasteiger partial charge in [0.2, 0.25) is 0 Å². The van der Waals surface area contributed by atoms with E-state index in [0.717, 1.165) is 12.8 Å². The van der Waals surface area contributed by atoms with Gasteiger partial charge in [-0.25, -0.2) is 0 Å². The second kappa shape index (κ2) is 4.72. The van der Waals surface area contributed by atoms with Crippen LogP contribution in [0.25, 0.3) is 0 Å². The van der Waals surface area contributed by atoms with Crippen LogP contribution in [0.3, 0.4) is 0 Å². The molecule has 0 aromatic rings. The molecule has 0 amide bonds. The Hall–Kier alpha value is -0.410. The quantitative estimate of drug-likeness (QED) is 0.719. The molecule has 0 aromatic heterocycles. The molecule has 1 saturated carbocycles. The Bertz CT molecular complexity index is 179. The topological polar surface area (TPSA) is 46.5 Å². The number of ketones is 1. The zero-order chi connectivity index (χ0) is 9.84. The number of carbonyl (C=O) groups is 1. The molecule has 3 heteroatoms. The summed E-state index contributed by atoms with van der Waals surface area (Å²) in [6.07, 6.45) is 2.44. The molecule has 0 spiro atoms. The molecule has 0 saturated heterocycles. The summed E-state index contributed by atoms with van der Waals surface area (Å²) >= 11 is 0.